The molecule has 9 heteroatoms. The van der Waals surface area contributed by atoms with Crippen LogP contribution in [0.4, 0.5) is 0 Å². The first-order valence-corrected chi connectivity index (χ1v) is 12.8. The van der Waals surface area contributed by atoms with Gasteiger partial charge in [0.25, 0.3) is 5.22 Å². The average Bonchev–Trinajstić information content (AvgIpc) is 3.38. The van der Waals surface area contributed by atoms with Crippen LogP contribution in [-0.4, -0.2) is 52.7 Å². The van der Waals surface area contributed by atoms with E-state index in [1.165, 1.54) is 0 Å². The van der Waals surface area contributed by atoms with E-state index in [1.54, 1.807) is 4.90 Å². The first kappa shape index (κ1) is 21.6. The highest BCUT2D eigenvalue weighted by Gasteiger charge is 2.34. The van der Waals surface area contributed by atoms with E-state index in [4.69, 9.17) is 4.42 Å². The zero-order valence-electron chi connectivity index (χ0n) is 17.1. The smallest absolute Gasteiger partial charge is 0.277 e. The summed E-state index contributed by atoms with van der Waals surface area (Å²) in [4.78, 5) is 14.7. The molecule has 1 aliphatic heterocycles. The number of rotatable bonds is 7. The molecule has 1 atom stereocenters. The Kier molecular flexibility index (Phi) is 6.43. The van der Waals surface area contributed by atoms with Gasteiger partial charge in [-0.05, 0) is 31.0 Å². The number of thioether (sulfide) groups is 1. The summed E-state index contributed by atoms with van der Waals surface area (Å²) in [5.74, 6) is 0.476. The minimum absolute atomic E-state index is 0.00830. The summed E-state index contributed by atoms with van der Waals surface area (Å²) in [6.45, 7) is 2.38. The fourth-order valence-electron chi connectivity index (χ4n) is 3.51. The Morgan fingerprint density at radius 2 is 1.87 bits per heavy atom. The second kappa shape index (κ2) is 9.23. The molecule has 7 nitrogen and oxygen atoms in total. The van der Waals surface area contributed by atoms with Gasteiger partial charge in [-0.25, -0.2) is 8.42 Å². The lowest BCUT2D eigenvalue weighted by atomic mass is 10.1. The van der Waals surface area contributed by atoms with Crippen molar-refractivity contribution in [3.8, 4) is 11.5 Å². The zero-order valence-corrected chi connectivity index (χ0v) is 18.7. The molecule has 0 N–H and O–H groups in total. The van der Waals surface area contributed by atoms with Crippen molar-refractivity contribution in [3.63, 3.8) is 0 Å². The second-order valence-corrected chi connectivity index (χ2v) is 10.7. The molecule has 0 bridgehead atoms. The van der Waals surface area contributed by atoms with Crippen LogP contribution in [0.3, 0.4) is 0 Å². The highest BCUT2D eigenvalue weighted by Crippen LogP contribution is 2.26. The molecule has 3 aromatic rings. The number of carbonyl (C=O) groups excluding carboxylic acids is 1. The van der Waals surface area contributed by atoms with E-state index in [2.05, 4.69) is 10.2 Å². The van der Waals surface area contributed by atoms with Crippen molar-refractivity contribution in [2.45, 2.75) is 31.2 Å². The second-order valence-electron chi connectivity index (χ2n) is 7.59. The molecular formula is C22H23N3O4S2. The van der Waals surface area contributed by atoms with Crippen LogP contribution in [0.15, 0.2) is 64.2 Å². The van der Waals surface area contributed by atoms with Gasteiger partial charge >= 0.3 is 0 Å². The number of benzene rings is 2. The van der Waals surface area contributed by atoms with E-state index in [0.717, 1.165) is 28.5 Å². The largest absolute Gasteiger partial charge is 0.411 e. The molecule has 1 fully saturated rings. The SMILES string of the molecule is Cc1ccc(-c2nnc(SCC(=O)N(Cc3ccccc3)[C@@H]3CCS(=O)(=O)C3)o2)cc1. The summed E-state index contributed by atoms with van der Waals surface area (Å²) in [7, 11) is -3.11. The van der Waals surface area contributed by atoms with Gasteiger partial charge in [-0.3, -0.25) is 4.79 Å². The van der Waals surface area contributed by atoms with Crippen LogP contribution in [0.25, 0.3) is 11.5 Å². The van der Waals surface area contributed by atoms with Crippen molar-refractivity contribution in [3.05, 3.63) is 65.7 Å². The van der Waals surface area contributed by atoms with Gasteiger partial charge in [0, 0.05) is 18.2 Å². The van der Waals surface area contributed by atoms with Gasteiger partial charge in [0.15, 0.2) is 9.84 Å². The van der Waals surface area contributed by atoms with Crippen LogP contribution in [0.5, 0.6) is 0 Å². The number of nitrogens with zero attached hydrogens (tertiary/aromatic N) is 3. The van der Waals surface area contributed by atoms with Crippen LogP contribution >= 0.6 is 11.8 Å². The van der Waals surface area contributed by atoms with Gasteiger partial charge in [-0.2, -0.15) is 0 Å². The third-order valence-corrected chi connectivity index (χ3v) is 7.74. The molecule has 1 saturated heterocycles. The van der Waals surface area contributed by atoms with Crippen molar-refractivity contribution in [1.82, 2.24) is 15.1 Å². The topological polar surface area (TPSA) is 93.4 Å². The lowest BCUT2D eigenvalue weighted by Crippen LogP contribution is -2.41. The quantitative estimate of drug-likeness (QED) is 0.502. The van der Waals surface area contributed by atoms with Gasteiger partial charge in [0.1, 0.15) is 0 Å². The molecule has 1 aromatic heterocycles. The lowest BCUT2D eigenvalue weighted by molar-refractivity contribution is -0.130. The van der Waals surface area contributed by atoms with Crippen molar-refractivity contribution in [2.75, 3.05) is 17.3 Å². The van der Waals surface area contributed by atoms with Crippen molar-refractivity contribution in [1.29, 1.82) is 0 Å². The fourth-order valence-corrected chi connectivity index (χ4v) is 5.89. The molecule has 1 aliphatic rings. The van der Waals surface area contributed by atoms with E-state index in [0.29, 0.717) is 24.1 Å². The minimum atomic E-state index is -3.11. The number of amides is 1. The van der Waals surface area contributed by atoms with Crippen molar-refractivity contribution in [2.24, 2.45) is 0 Å². The van der Waals surface area contributed by atoms with Gasteiger partial charge < -0.3 is 9.32 Å². The Morgan fingerprint density at radius 3 is 2.55 bits per heavy atom. The number of sulfone groups is 1. The van der Waals surface area contributed by atoms with Gasteiger partial charge in [-0.15, -0.1) is 10.2 Å². The summed E-state index contributed by atoms with van der Waals surface area (Å²) in [5.41, 5.74) is 2.92. The van der Waals surface area contributed by atoms with Crippen LogP contribution in [0, 0.1) is 6.92 Å². The summed E-state index contributed by atoms with van der Waals surface area (Å²) in [6.07, 6.45) is 0.462. The molecule has 162 valence electrons. The van der Waals surface area contributed by atoms with Crippen LogP contribution < -0.4 is 0 Å². The van der Waals surface area contributed by atoms with Crippen LogP contribution in [-0.2, 0) is 21.2 Å². The maximum Gasteiger partial charge on any atom is 0.277 e. The van der Waals surface area contributed by atoms with E-state index in [-0.39, 0.29) is 29.2 Å². The number of aromatic nitrogens is 2. The van der Waals surface area contributed by atoms with Crippen LogP contribution in [0.2, 0.25) is 0 Å². The number of hydrogen-bond donors (Lipinski definition) is 0. The summed E-state index contributed by atoms with van der Waals surface area (Å²) in [5, 5.41) is 8.40. The predicted molar refractivity (Wildman–Crippen MR) is 119 cm³/mol. The fraction of sp³-hybridized carbons (Fsp3) is 0.318. The number of hydrogen-bond acceptors (Lipinski definition) is 7. The molecule has 2 aromatic carbocycles. The maximum absolute atomic E-state index is 13.1. The zero-order chi connectivity index (χ0) is 21.8. The molecule has 0 unspecified atom stereocenters. The third-order valence-electron chi connectivity index (χ3n) is 5.19. The molecule has 0 saturated carbocycles. The first-order valence-electron chi connectivity index (χ1n) is 9.97. The molecule has 0 aliphatic carbocycles. The number of aryl methyl sites for hydroxylation is 1. The molecule has 4 rings (SSSR count). The van der Waals surface area contributed by atoms with Crippen molar-refractivity contribution >= 4 is 27.5 Å². The van der Waals surface area contributed by atoms with E-state index in [1.807, 2.05) is 61.5 Å². The Bertz CT molecular complexity index is 1150. The maximum atomic E-state index is 13.1. The molecule has 1 amide bonds. The molecular weight excluding hydrogens is 434 g/mol. The highest BCUT2D eigenvalue weighted by atomic mass is 32.2. The number of carbonyl (C=O) groups is 1. The summed E-state index contributed by atoms with van der Waals surface area (Å²) >= 11 is 1.16. The normalized spacial score (nSPS) is 17.5. The highest BCUT2D eigenvalue weighted by molar-refractivity contribution is 7.99. The predicted octanol–water partition coefficient (Wildman–Crippen LogP) is 3.35. The Balaban J connectivity index is 1.44. The average molecular weight is 458 g/mol. The molecule has 0 spiro atoms. The van der Waals surface area contributed by atoms with Crippen LogP contribution in [0.1, 0.15) is 17.5 Å². The molecule has 2 heterocycles. The Hall–Kier alpha value is -2.65. The summed E-state index contributed by atoms with van der Waals surface area (Å²) in [6, 6.07) is 17.0. The lowest BCUT2D eigenvalue weighted by Gasteiger charge is -2.28. The molecule has 31 heavy (non-hydrogen) atoms. The van der Waals surface area contributed by atoms with E-state index >= 15 is 0 Å². The Labute approximate surface area is 185 Å². The van der Waals surface area contributed by atoms with E-state index in [9.17, 15) is 13.2 Å². The van der Waals surface area contributed by atoms with Gasteiger partial charge in [-0.1, -0.05) is 59.8 Å². The Morgan fingerprint density at radius 1 is 1.13 bits per heavy atom. The first-order chi connectivity index (χ1) is 14.9. The van der Waals surface area contributed by atoms with Gasteiger partial charge in [0.05, 0.1) is 17.3 Å². The van der Waals surface area contributed by atoms with Crippen molar-refractivity contribution < 1.29 is 17.6 Å². The monoisotopic (exact) mass is 457 g/mol. The standard InChI is InChI=1S/C22H23N3O4S2/c1-16-7-9-18(10-8-16)21-23-24-22(29-21)30-14-20(26)25(13-17-5-3-2-4-6-17)19-11-12-31(27,28)15-19/h2-10,19H,11-15H2,1H3/t19-/m1/s1. The van der Waals surface area contributed by atoms with Gasteiger partial charge in [0.2, 0.25) is 11.8 Å². The van der Waals surface area contributed by atoms with E-state index < -0.39 is 9.84 Å². The minimum Gasteiger partial charge on any atom is -0.411 e. The molecule has 0 radical (unpaired) electrons. The summed E-state index contributed by atoms with van der Waals surface area (Å²) < 4.78 is 29.7. The third kappa shape index (κ3) is 5.54.